The van der Waals surface area contributed by atoms with Crippen LogP contribution in [-0.2, 0) is 6.54 Å². The standard InChI is InChI=1S/C19H18ClN3O2/c1-13-15(20)9-6-10-16(13)22-19-21-11-17(25-2)18(24)23(19)12-14-7-4-3-5-8-14/h3-11H,12H2,1-2H3,(H,21,22). The van der Waals surface area contributed by atoms with Gasteiger partial charge < -0.3 is 10.1 Å². The van der Waals surface area contributed by atoms with Gasteiger partial charge in [-0.3, -0.25) is 9.36 Å². The fraction of sp³-hybridized carbons (Fsp3) is 0.158. The van der Waals surface area contributed by atoms with E-state index >= 15 is 0 Å². The van der Waals surface area contributed by atoms with Crippen molar-refractivity contribution in [2.45, 2.75) is 13.5 Å². The van der Waals surface area contributed by atoms with E-state index in [-0.39, 0.29) is 11.3 Å². The van der Waals surface area contributed by atoms with E-state index in [2.05, 4.69) is 10.3 Å². The van der Waals surface area contributed by atoms with Crippen LogP contribution in [0.15, 0.2) is 59.5 Å². The SMILES string of the molecule is COc1cnc(Nc2cccc(Cl)c2C)n(Cc2ccccc2)c1=O. The number of benzene rings is 2. The molecule has 0 aliphatic heterocycles. The summed E-state index contributed by atoms with van der Waals surface area (Å²) in [7, 11) is 1.46. The molecule has 2 aromatic carbocycles. The van der Waals surface area contributed by atoms with Crippen LogP contribution in [0.25, 0.3) is 0 Å². The molecular weight excluding hydrogens is 338 g/mol. The first-order valence-corrected chi connectivity index (χ1v) is 8.18. The molecule has 0 bridgehead atoms. The second kappa shape index (κ2) is 7.40. The number of hydrogen-bond acceptors (Lipinski definition) is 4. The van der Waals surface area contributed by atoms with Gasteiger partial charge in [0.2, 0.25) is 11.7 Å². The Morgan fingerprint density at radius 2 is 1.92 bits per heavy atom. The lowest BCUT2D eigenvalue weighted by atomic mass is 10.2. The molecule has 0 saturated heterocycles. The number of nitrogens with zero attached hydrogens (tertiary/aromatic N) is 2. The quantitative estimate of drug-likeness (QED) is 0.751. The summed E-state index contributed by atoms with van der Waals surface area (Å²) in [6.45, 7) is 2.29. The fourth-order valence-electron chi connectivity index (χ4n) is 2.49. The Balaban J connectivity index is 2.05. The van der Waals surface area contributed by atoms with Gasteiger partial charge in [0.1, 0.15) is 0 Å². The molecule has 25 heavy (non-hydrogen) atoms. The van der Waals surface area contributed by atoms with Crippen molar-refractivity contribution >= 4 is 23.2 Å². The highest BCUT2D eigenvalue weighted by molar-refractivity contribution is 6.31. The Labute approximate surface area is 150 Å². The van der Waals surface area contributed by atoms with Crippen LogP contribution in [0, 0.1) is 6.92 Å². The third-order valence-corrected chi connectivity index (χ3v) is 4.34. The molecule has 3 aromatic rings. The molecule has 1 N–H and O–H groups in total. The Morgan fingerprint density at radius 1 is 1.16 bits per heavy atom. The highest BCUT2D eigenvalue weighted by Crippen LogP contribution is 2.25. The normalized spacial score (nSPS) is 10.5. The van der Waals surface area contributed by atoms with Crippen LogP contribution in [0.2, 0.25) is 5.02 Å². The van der Waals surface area contributed by atoms with Crippen molar-refractivity contribution in [1.82, 2.24) is 9.55 Å². The molecule has 5 nitrogen and oxygen atoms in total. The molecule has 6 heteroatoms. The molecule has 0 spiro atoms. The number of aromatic nitrogens is 2. The van der Waals surface area contributed by atoms with E-state index in [1.54, 1.807) is 4.57 Å². The Hall–Kier alpha value is -2.79. The molecular formula is C19H18ClN3O2. The van der Waals surface area contributed by atoms with Crippen molar-refractivity contribution in [3.63, 3.8) is 0 Å². The highest BCUT2D eigenvalue weighted by Gasteiger charge is 2.13. The lowest BCUT2D eigenvalue weighted by Crippen LogP contribution is -2.25. The van der Waals surface area contributed by atoms with Crippen molar-refractivity contribution in [2.75, 3.05) is 12.4 Å². The lowest BCUT2D eigenvalue weighted by molar-refractivity contribution is 0.401. The van der Waals surface area contributed by atoms with Gasteiger partial charge in [-0.2, -0.15) is 0 Å². The van der Waals surface area contributed by atoms with Crippen LogP contribution in [0.4, 0.5) is 11.6 Å². The summed E-state index contributed by atoms with van der Waals surface area (Å²) in [5.74, 6) is 0.629. The van der Waals surface area contributed by atoms with Crippen LogP contribution >= 0.6 is 11.6 Å². The minimum atomic E-state index is -0.247. The van der Waals surface area contributed by atoms with Gasteiger partial charge in [-0.1, -0.05) is 48.0 Å². The van der Waals surface area contributed by atoms with Gasteiger partial charge in [-0.25, -0.2) is 4.98 Å². The van der Waals surface area contributed by atoms with E-state index < -0.39 is 0 Å². The van der Waals surface area contributed by atoms with Crippen LogP contribution in [0.1, 0.15) is 11.1 Å². The number of nitrogens with one attached hydrogen (secondary N) is 1. The number of rotatable bonds is 5. The van der Waals surface area contributed by atoms with E-state index in [9.17, 15) is 4.79 Å². The van der Waals surface area contributed by atoms with Gasteiger partial charge in [0, 0.05) is 10.7 Å². The molecule has 0 fully saturated rings. The maximum absolute atomic E-state index is 12.7. The summed E-state index contributed by atoms with van der Waals surface area (Å²) < 4.78 is 6.68. The number of methoxy groups -OCH3 is 1. The summed E-state index contributed by atoms with van der Waals surface area (Å²) in [6.07, 6.45) is 1.42. The molecule has 1 heterocycles. The van der Waals surface area contributed by atoms with Crippen molar-refractivity contribution < 1.29 is 4.74 Å². The first-order valence-electron chi connectivity index (χ1n) is 7.80. The molecule has 3 rings (SSSR count). The number of halogens is 1. The van der Waals surface area contributed by atoms with Crippen LogP contribution in [0.5, 0.6) is 5.75 Å². The third-order valence-electron chi connectivity index (χ3n) is 3.93. The second-order valence-corrected chi connectivity index (χ2v) is 5.97. The Bertz CT molecular complexity index is 939. The molecule has 128 valence electrons. The zero-order valence-electron chi connectivity index (χ0n) is 14.0. The van der Waals surface area contributed by atoms with Crippen LogP contribution < -0.4 is 15.6 Å². The summed E-state index contributed by atoms with van der Waals surface area (Å²) in [5, 5.41) is 3.85. The first kappa shape index (κ1) is 17.0. The average Bonchev–Trinajstić information content (AvgIpc) is 2.63. The average molecular weight is 356 g/mol. The number of anilines is 2. The maximum atomic E-state index is 12.7. The summed E-state index contributed by atoms with van der Waals surface area (Å²) >= 11 is 6.18. The summed E-state index contributed by atoms with van der Waals surface area (Å²) in [6, 6.07) is 15.3. The Kier molecular flexibility index (Phi) is 5.05. The maximum Gasteiger partial charge on any atom is 0.297 e. The molecule has 1 aromatic heterocycles. The predicted molar refractivity (Wildman–Crippen MR) is 100 cm³/mol. The number of ether oxygens (including phenoxy) is 1. The predicted octanol–water partition coefficient (Wildman–Crippen LogP) is 4.01. The molecule has 0 saturated carbocycles. The second-order valence-electron chi connectivity index (χ2n) is 5.56. The Morgan fingerprint density at radius 3 is 2.64 bits per heavy atom. The fourth-order valence-corrected chi connectivity index (χ4v) is 2.66. The highest BCUT2D eigenvalue weighted by atomic mass is 35.5. The van der Waals surface area contributed by atoms with E-state index in [1.165, 1.54) is 13.3 Å². The summed E-state index contributed by atoms with van der Waals surface area (Å²) in [5.41, 5.74) is 2.43. The van der Waals surface area contributed by atoms with Gasteiger partial charge in [0.15, 0.2) is 0 Å². The van der Waals surface area contributed by atoms with E-state index in [0.717, 1.165) is 16.8 Å². The molecule has 0 unspecified atom stereocenters. The van der Waals surface area contributed by atoms with Crippen molar-refractivity contribution in [3.05, 3.63) is 81.2 Å². The minimum absolute atomic E-state index is 0.198. The van der Waals surface area contributed by atoms with E-state index in [1.807, 2.05) is 55.5 Å². The van der Waals surface area contributed by atoms with Gasteiger partial charge in [-0.05, 0) is 30.2 Å². The van der Waals surface area contributed by atoms with E-state index in [4.69, 9.17) is 16.3 Å². The minimum Gasteiger partial charge on any atom is -0.490 e. The van der Waals surface area contributed by atoms with Crippen LogP contribution in [-0.4, -0.2) is 16.7 Å². The first-order chi connectivity index (χ1) is 12.1. The van der Waals surface area contributed by atoms with Gasteiger partial charge in [0.05, 0.1) is 19.9 Å². The van der Waals surface area contributed by atoms with Gasteiger partial charge in [-0.15, -0.1) is 0 Å². The van der Waals surface area contributed by atoms with Crippen LogP contribution in [0.3, 0.4) is 0 Å². The van der Waals surface area contributed by atoms with Gasteiger partial charge in [0.25, 0.3) is 5.56 Å². The smallest absolute Gasteiger partial charge is 0.297 e. The molecule has 0 atom stereocenters. The third kappa shape index (κ3) is 3.67. The molecule has 0 aliphatic rings. The zero-order chi connectivity index (χ0) is 17.8. The largest absolute Gasteiger partial charge is 0.490 e. The lowest BCUT2D eigenvalue weighted by Gasteiger charge is -2.16. The molecule has 0 radical (unpaired) electrons. The monoisotopic (exact) mass is 355 g/mol. The van der Waals surface area contributed by atoms with Crippen molar-refractivity contribution in [2.24, 2.45) is 0 Å². The van der Waals surface area contributed by atoms with E-state index in [0.29, 0.717) is 17.5 Å². The van der Waals surface area contributed by atoms with Crippen molar-refractivity contribution in [3.8, 4) is 5.75 Å². The van der Waals surface area contributed by atoms with Gasteiger partial charge >= 0.3 is 0 Å². The topological polar surface area (TPSA) is 56.1 Å². The molecule has 0 aliphatic carbocycles. The number of hydrogen-bond donors (Lipinski definition) is 1. The summed E-state index contributed by atoms with van der Waals surface area (Å²) in [4.78, 5) is 17.1. The zero-order valence-corrected chi connectivity index (χ0v) is 14.7. The van der Waals surface area contributed by atoms with Crippen molar-refractivity contribution in [1.29, 1.82) is 0 Å². The molecule has 0 amide bonds.